The van der Waals surface area contributed by atoms with E-state index in [0.29, 0.717) is 17.3 Å². The van der Waals surface area contributed by atoms with Gasteiger partial charge in [-0.3, -0.25) is 4.98 Å². The maximum atomic E-state index is 13.6. The van der Waals surface area contributed by atoms with Crippen LogP contribution in [0.1, 0.15) is 18.4 Å². The molecule has 3 N–H and O–H groups in total. The fourth-order valence-corrected chi connectivity index (χ4v) is 3.31. The van der Waals surface area contributed by atoms with Gasteiger partial charge in [0.2, 0.25) is 5.95 Å². The molecule has 0 bridgehead atoms. The molecule has 31 heavy (non-hydrogen) atoms. The topological polar surface area (TPSA) is 92.6 Å². The molecule has 2 aromatic heterocycles. The third-order valence-electron chi connectivity index (χ3n) is 4.99. The van der Waals surface area contributed by atoms with Crippen molar-refractivity contribution in [1.29, 1.82) is 0 Å². The van der Waals surface area contributed by atoms with Crippen LogP contribution in [0.2, 0.25) is 0 Å². The van der Waals surface area contributed by atoms with E-state index in [1.165, 1.54) is 18.2 Å². The maximum absolute atomic E-state index is 13.6. The number of aromatic nitrogens is 4. The Balaban J connectivity index is 1.58. The first-order valence-corrected chi connectivity index (χ1v) is 9.70. The first-order valence-electron chi connectivity index (χ1n) is 9.70. The summed E-state index contributed by atoms with van der Waals surface area (Å²) in [7, 11) is 0. The van der Waals surface area contributed by atoms with Gasteiger partial charge in [-0.2, -0.15) is 28.6 Å². The highest BCUT2D eigenvalue weighted by Gasteiger charge is 2.35. The van der Waals surface area contributed by atoms with Gasteiger partial charge in [0.15, 0.2) is 17.5 Å². The van der Waals surface area contributed by atoms with Gasteiger partial charge in [-0.1, -0.05) is 23.3 Å². The Hall–Kier alpha value is -3.66. The van der Waals surface area contributed by atoms with E-state index >= 15 is 0 Å². The highest BCUT2D eigenvalue weighted by molar-refractivity contribution is 6.03. The Bertz CT molecular complexity index is 1190. The minimum absolute atomic E-state index is 0.0776. The summed E-state index contributed by atoms with van der Waals surface area (Å²) in [6.07, 6.45) is 2.78. The third kappa shape index (κ3) is 4.15. The molecule has 0 unspecified atom stereocenters. The van der Waals surface area contributed by atoms with Crippen molar-refractivity contribution in [1.82, 2.24) is 19.9 Å². The minimum Gasteiger partial charge on any atom is -0.304 e. The number of hydrogen-bond acceptors (Lipinski definition) is 6. The van der Waals surface area contributed by atoms with E-state index in [9.17, 15) is 13.2 Å². The lowest BCUT2D eigenvalue weighted by atomic mass is 10.1. The lowest BCUT2D eigenvalue weighted by Gasteiger charge is -2.13. The van der Waals surface area contributed by atoms with Crippen molar-refractivity contribution >= 4 is 11.8 Å². The number of quaternary nitrogens is 1. The normalized spacial score (nSPS) is 16.1. The highest BCUT2D eigenvalue weighted by Crippen LogP contribution is 2.36. The minimum atomic E-state index is -4.54. The van der Waals surface area contributed by atoms with Crippen molar-refractivity contribution < 1.29 is 18.6 Å². The lowest BCUT2D eigenvalue weighted by Crippen LogP contribution is -2.74. The number of nitrogens with two attached hydrogens (primary N) is 1. The van der Waals surface area contributed by atoms with Crippen molar-refractivity contribution in [2.75, 3.05) is 5.32 Å². The number of rotatable bonds is 4. The molecule has 1 aliphatic heterocycles. The predicted octanol–water partition coefficient (Wildman–Crippen LogP) is 3.22. The molecule has 0 amide bonds. The molecule has 0 spiro atoms. The summed E-state index contributed by atoms with van der Waals surface area (Å²) in [5, 5.41) is 7.35. The van der Waals surface area contributed by atoms with Crippen LogP contribution in [0, 0.1) is 5.92 Å². The molecule has 0 atom stereocenters. The van der Waals surface area contributed by atoms with E-state index in [-0.39, 0.29) is 23.2 Å². The van der Waals surface area contributed by atoms with Crippen LogP contribution < -0.4 is 10.7 Å². The zero-order valence-corrected chi connectivity index (χ0v) is 16.1. The molecule has 1 saturated carbocycles. The molecule has 3 aromatic rings. The molecule has 1 fully saturated rings. The molecular weight excluding hydrogens is 407 g/mol. The number of anilines is 1. The van der Waals surface area contributed by atoms with Crippen LogP contribution in [0.5, 0.6) is 0 Å². The summed E-state index contributed by atoms with van der Waals surface area (Å²) in [6, 6.07) is 8.59. The summed E-state index contributed by atoms with van der Waals surface area (Å²) in [5.74, 6) is 1.35. The number of pyridine rings is 1. The van der Waals surface area contributed by atoms with Gasteiger partial charge in [0.1, 0.15) is 5.70 Å². The van der Waals surface area contributed by atoms with Crippen molar-refractivity contribution in [3.8, 4) is 22.8 Å². The number of benzene rings is 1. The number of amidine groups is 1. The summed E-state index contributed by atoms with van der Waals surface area (Å²) in [6.45, 7) is 0. The fourth-order valence-electron chi connectivity index (χ4n) is 3.31. The van der Waals surface area contributed by atoms with Gasteiger partial charge in [0.25, 0.3) is 0 Å². The van der Waals surface area contributed by atoms with Gasteiger partial charge in [0, 0.05) is 35.5 Å². The molecular formula is C21H17F3N7+. The lowest BCUT2D eigenvalue weighted by molar-refractivity contribution is -0.612. The zero-order chi connectivity index (χ0) is 21.4. The summed E-state index contributed by atoms with van der Waals surface area (Å²) in [4.78, 5) is 17.0. The second-order valence-corrected chi connectivity index (χ2v) is 7.27. The highest BCUT2D eigenvalue weighted by atomic mass is 19.4. The van der Waals surface area contributed by atoms with E-state index in [1.807, 2.05) is 6.08 Å². The first-order chi connectivity index (χ1) is 15.0. The summed E-state index contributed by atoms with van der Waals surface area (Å²) < 4.78 is 40.8. The van der Waals surface area contributed by atoms with Crippen LogP contribution in [-0.4, -0.2) is 25.8 Å². The summed E-state index contributed by atoms with van der Waals surface area (Å²) >= 11 is 0. The number of allylic oxidation sites excluding steroid dienone is 1. The van der Waals surface area contributed by atoms with E-state index < -0.39 is 11.7 Å². The SMILES string of the molecule is FC(F)(F)c1ccccc1-c1nc(NC2=N[NH2+]C(C3CC3)=C2)nc(-c2ccncc2)n1. The standard InChI is InChI=1S/C21H16F3N7/c22-21(23,24)15-4-2-1-3-14(15)19-27-18(13-7-9-25-10-8-13)28-20(29-19)26-17-11-16(30-31-17)12-5-6-12/h1-4,7-12H,5-6H2,(H2,26,27,28,29,30,31)/p+1. The Morgan fingerprint density at radius 2 is 1.68 bits per heavy atom. The van der Waals surface area contributed by atoms with Crippen molar-refractivity contribution in [2.45, 2.75) is 19.0 Å². The third-order valence-corrected chi connectivity index (χ3v) is 4.99. The van der Waals surface area contributed by atoms with Gasteiger partial charge in [0.05, 0.1) is 5.56 Å². The van der Waals surface area contributed by atoms with E-state index in [0.717, 1.165) is 24.6 Å². The van der Waals surface area contributed by atoms with Crippen molar-refractivity contribution in [2.24, 2.45) is 11.0 Å². The fraction of sp³-hybridized carbons (Fsp3) is 0.190. The van der Waals surface area contributed by atoms with Gasteiger partial charge >= 0.3 is 6.18 Å². The second kappa shape index (κ2) is 7.55. The van der Waals surface area contributed by atoms with Gasteiger partial charge in [-0.15, -0.1) is 0 Å². The molecule has 3 heterocycles. The molecule has 156 valence electrons. The molecule has 1 aliphatic carbocycles. The van der Waals surface area contributed by atoms with Crippen LogP contribution in [0.15, 0.2) is 65.7 Å². The molecule has 5 rings (SSSR count). The zero-order valence-electron chi connectivity index (χ0n) is 16.1. The number of alkyl halides is 3. The van der Waals surface area contributed by atoms with Gasteiger partial charge in [-0.25, -0.2) is 4.98 Å². The maximum Gasteiger partial charge on any atom is 0.417 e. The molecule has 10 heteroatoms. The molecule has 1 aromatic carbocycles. The van der Waals surface area contributed by atoms with Crippen LogP contribution >= 0.6 is 0 Å². The number of halogens is 3. The number of nitrogens with zero attached hydrogens (tertiary/aromatic N) is 5. The molecule has 2 aliphatic rings. The number of nitrogens with one attached hydrogen (secondary N) is 1. The van der Waals surface area contributed by atoms with Gasteiger partial charge < -0.3 is 5.32 Å². The molecule has 7 nitrogen and oxygen atoms in total. The largest absolute Gasteiger partial charge is 0.417 e. The van der Waals surface area contributed by atoms with E-state index in [2.05, 4.69) is 30.4 Å². The predicted molar refractivity (Wildman–Crippen MR) is 107 cm³/mol. The Kier molecular flexibility index (Phi) is 4.70. The quantitative estimate of drug-likeness (QED) is 0.628. The van der Waals surface area contributed by atoms with Crippen molar-refractivity contribution in [3.05, 3.63) is 66.1 Å². The van der Waals surface area contributed by atoms with Crippen LogP contribution in [0.4, 0.5) is 19.1 Å². The Morgan fingerprint density at radius 1 is 0.935 bits per heavy atom. The second-order valence-electron chi connectivity index (χ2n) is 7.27. The average molecular weight is 424 g/mol. The summed E-state index contributed by atoms with van der Waals surface area (Å²) in [5.41, 5.74) is 2.61. The van der Waals surface area contributed by atoms with Crippen LogP contribution in [0.25, 0.3) is 22.8 Å². The monoisotopic (exact) mass is 424 g/mol. The molecule has 0 saturated heterocycles. The van der Waals surface area contributed by atoms with Crippen molar-refractivity contribution in [3.63, 3.8) is 0 Å². The van der Waals surface area contributed by atoms with E-state index in [1.54, 1.807) is 30.0 Å². The van der Waals surface area contributed by atoms with Gasteiger partial charge in [-0.05, 0) is 31.0 Å². The first kappa shape index (κ1) is 19.3. The Labute approximate surface area is 175 Å². The smallest absolute Gasteiger partial charge is 0.304 e. The van der Waals surface area contributed by atoms with Crippen LogP contribution in [-0.2, 0) is 6.18 Å². The average Bonchev–Trinajstić information content (AvgIpc) is 3.53. The number of hydrogen-bond donors (Lipinski definition) is 2. The van der Waals surface area contributed by atoms with E-state index in [4.69, 9.17) is 0 Å². The molecule has 0 radical (unpaired) electrons. The Morgan fingerprint density at radius 3 is 2.42 bits per heavy atom. The van der Waals surface area contributed by atoms with Crippen LogP contribution in [0.3, 0.4) is 0 Å².